The Morgan fingerprint density at radius 2 is 1.81 bits per heavy atom. The Balaban J connectivity index is 1.74. The zero-order valence-electron chi connectivity index (χ0n) is 14.6. The van der Waals surface area contributed by atoms with Gasteiger partial charge >= 0.3 is 0 Å². The fourth-order valence-corrected chi connectivity index (χ4v) is 3.23. The van der Waals surface area contributed by atoms with E-state index in [4.69, 9.17) is 16.3 Å². The minimum Gasteiger partial charge on any atom is -0.438 e. The highest BCUT2D eigenvalue weighted by molar-refractivity contribution is 6.30. The molecule has 2 aromatic carbocycles. The molecule has 1 amide bonds. The summed E-state index contributed by atoms with van der Waals surface area (Å²) in [5.74, 6) is 1.16. The average molecular weight is 380 g/mol. The number of halogens is 1. The third-order valence-corrected chi connectivity index (χ3v) is 4.66. The van der Waals surface area contributed by atoms with Gasteiger partial charge < -0.3 is 9.64 Å². The molecule has 27 heavy (non-hydrogen) atoms. The highest BCUT2D eigenvalue weighted by Crippen LogP contribution is 2.29. The fourth-order valence-electron chi connectivity index (χ4n) is 3.05. The van der Waals surface area contributed by atoms with Gasteiger partial charge in [0.05, 0.1) is 0 Å². The fraction of sp³-hybridized carbons (Fsp3) is 0.190. The summed E-state index contributed by atoms with van der Waals surface area (Å²) in [5.41, 5.74) is 1.21. The van der Waals surface area contributed by atoms with Gasteiger partial charge in [-0.05, 0) is 31.0 Å². The molecule has 0 N–H and O–H groups in total. The number of rotatable bonds is 4. The van der Waals surface area contributed by atoms with Gasteiger partial charge in [0.25, 0.3) is 5.91 Å². The topological polar surface area (TPSA) is 55.3 Å². The number of hydrogen-bond acceptors (Lipinski definition) is 4. The third kappa shape index (κ3) is 3.93. The molecule has 0 atom stereocenters. The molecule has 0 aliphatic carbocycles. The number of aromatic nitrogens is 2. The van der Waals surface area contributed by atoms with E-state index in [9.17, 15) is 4.79 Å². The maximum atomic E-state index is 12.9. The van der Waals surface area contributed by atoms with E-state index in [0.717, 1.165) is 31.5 Å². The highest BCUT2D eigenvalue weighted by Gasteiger charge is 2.25. The maximum absolute atomic E-state index is 12.9. The van der Waals surface area contributed by atoms with E-state index >= 15 is 0 Å². The quantitative estimate of drug-likeness (QED) is 0.651. The molecule has 1 aromatic heterocycles. The van der Waals surface area contributed by atoms with Gasteiger partial charge in [-0.1, -0.05) is 48.0 Å². The molecule has 0 radical (unpaired) electrons. The summed E-state index contributed by atoms with van der Waals surface area (Å²) in [7, 11) is 0. The SMILES string of the molecule is O=C(c1cnc(-c2ccccc2)nc1Oc1cccc(Cl)c1)N1CCCC1. The first kappa shape index (κ1) is 17.5. The monoisotopic (exact) mass is 379 g/mol. The Morgan fingerprint density at radius 3 is 2.56 bits per heavy atom. The van der Waals surface area contributed by atoms with Gasteiger partial charge in [0, 0.05) is 29.9 Å². The Labute approximate surface area is 162 Å². The van der Waals surface area contributed by atoms with Crippen molar-refractivity contribution < 1.29 is 9.53 Å². The molecule has 1 saturated heterocycles. The molecule has 1 fully saturated rings. The Kier molecular flexibility index (Phi) is 5.03. The summed E-state index contributed by atoms with van der Waals surface area (Å²) in [4.78, 5) is 23.7. The van der Waals surface area contributed by atoms with Crippen molar-refractivity contribution in [2.24, 2.45) is 0 Å². The van der Waals surface area contributed by atoms with Gasteiger partial charge in [-0.25, -0.2) is 4.98 Å². The van der Waals surface area contributed by atoms with E-state index in [-0.39, 0.29) is 11.8 Å². The van der Waals surface area contributed by atoms with Crippen molar-refractivity contribution in [1.29, 1.82) is 0 Å². The minimum absolute atomic E-state index is 0.107. The van der Waals surface area contributed by atoms with Crippen LogP contribution in [0.15, 0.2) is 60.8 Å². The molecule has 136 valence electrons. The lowest BCUT2D eigenvalue weighted by Gasteiger charge is -2.17. The van der Waals surface area contributed by atoms with E-state index in [0.29, 0.717) is 22.2 Å². The predicted molar refractivity (Wildman–Crippen MR) is 104 cm³/mol. The van der Waals surface area contributed by atoms with Crippen LogP contribution in [0.25, 0.3) is 11.4 Å². The van der Waals surface area contributed by atoms with Crippen molar-refractivity contribution in [3.63, 3.8) is 0 Å². The van der Waals surface area contributed by atoms with Crippen molar-refractivity contribution in [3.05, 3.63) is 71.4 Å². The van der Waals surface area contributed by atoms with Crippen LogP contribution < -0.4 is 4.74 Å². The van der Waals surface area contributed by atoms with Crippen molar-refractivity contribution in [2.75, 3.05) is 13.1 Å². The van der Waals surface area contributed by atoms with Crippen LogP contribution in [-0.4, -0.2) is 33.9 Å². The van der Waals surface area contributed by atoms with Gasteiger partial charge in [-0.15, -0.1) is 0 Å². The summed E-state index contributed by atoms with van der Waals surface area (Å²) in [6.07, 6.45) is 3.58. The number of carbonyl (C=O) groups is 1. The number of benzene rings is 2. The predicted octanol–water partition coefficient (Wildman–Crippen LogP) is 4.83. The van der Waals surface area contributed by atoms with Crippen LogP contribution in [-0.2, 0) is 0 Å². The lowest BCUT2D eigenvalue weighted by atomic mass is 10.2. The van der Waals surface area contributed by atoms with Crippen molar-refractivity contribution in [1.82, 2.24) is 14.9 Å². The van der Waals surface area contributed by atoms with E-state index in [1.54, 1.807) is 30.5 Å². The van der Waals surface area contributed by atoms with E-state index in [2.05, 4.69) is 9.97 Å². The Morgan fingerprint density at radius 1 is 1.04 bits per heavy atom. The first-order chi connectivity index (χ1) is 13.2. The minimum atomic E-state index is -0.107. The number of amides is 1. The molecule has 1 aliphatic heterocycles. The summed E-state index contributed by atoms with van der Waals surface area (Å²) >= 11 is 6.06. The summed E-state index contributed by atoms with van der Waals surface area (Å²) in [5, 5.41) is 0.553. The summed E-state index contributed by atoms with van der Waals surface area (Å²) < 4.78 is 5.95. The molecule has 0 unspecified atom stereocenters. The van der Waals surface area contributed by atoms with E-state index in [1.165, 1.54) is 0 Å². The maximum Gasteiger partial charge on any atom is 0.260 e. The van der Waals surface area contributed by atoms with Gasteiger partial charge in [0.15, 0.2) is 5.82 Å². The Bertz CT molecular complexity index is 957. The van der Waals surface area contributed by atoms with Crippen LogP contribution in [0.3, 0.4) is 0 Å². The van der Waals surface area contributed by atoms with Crippen molar-refractivity contribution >= 4 is 17.5 Å². The number of likely N-dealkylation sites (tertiary alicyclic amines) is 1. The van der Waals surface area contributed by atoms with Crippen molar-refractivity contribution in [3.8, 4) is 23.0 Å². The van der Waals surface area contributed by atoms with Crippen LogP contribution in [0, 0.1) is 0 Å². The highest BCUT2D eigenvalue weighted by atomic mass is 35.5. The molecule has 2 heterocycles. The standard InChI is InChI=1S/C21H18ClN3O2/c22-16-9-6-10-17(13-16)27-20-18(21(26)25-11-4-5-12-25)14-23-19(24-20)15-7-2-1-3-8-15/h1-3,6-10,13-14H,4-5,11-12H2. The van der Waals surface area contributed by atoms with E-state index < -0.39 is 0 Å². The molecule has 6 heteroatoms. The van der Waals surface area contributed by atoms with Gasteiger partial charge in [0.2, 0.25) is 5.88 Å². The lowest BCUT2D eigenvalue weighted by Crippen LogP contribution is -2.28. The first-order valence-corrected chi connectivity index (χ1v) is 9.24. The molecular formula is C21H18ClN3O2. The zero-order valence-corrected chi connectivity index (χ0v) is 15.4. The second-order valence-electron chi connectivity index (χ2n) is 6.34. The van der Waals surface area contributed by atoms with Crippen LogP contribution >= 0.6 is 11.6 Å². The molecule has 0 bridgehead atoms. The second kappa shape index (κ2) is 7.76. The van der Waals surface area contributed by atoms with Crippen LogP contribution in [0.5, 0.6) is 11.6 Å². The number of hydrogen-bond donors (Lipinski definition) is 0. The van der Waals surface area contributed by atoms with Gasteiger partial charge in [-0.3, -0.25) is 4.79 Å². The normalized spacial score (nSPS) is 13.6. The van der Waals surface area contributed by atoms with Crippen LogP contribution in [0.4, 0.5) is 0 Å². The molecule has 0 spiro atoms. The smallest absolute Gasteiger partial charge is 0.260 e. The lowest BCUT2D eigenvalue weighted by molar-refractivity contribution is 0.0789. The van der Waals surface area contributed by atoms with Gasteiger partial charge in [-0.2, -0.15) is 4.98 Å². The molecule has 0 saturated carbocycles. The first-order valence-electron chi connectivity index (χ1n) is 8.86. The number of carbonyl (C=O) groups excluding carboxylic acids is 1. The molecular weight excluding hydrogens is 362 g/mol. The molecule has 3 aromatic rings. The second-order valence-corrected chi connectivity index (χ2v) is 6.77. The number of ether oxygens (including phenoxy) is 1. The van der Waals surface area contributed by atoms with Crippen molar-refractivity contribution in [2.45, 2.75) is 12.8 Å². The Hall–Kier alpha value is -2.92. The van der Waals surface area contributed by atoms with E-state index in [1.807, 2.05) is 35.2 Å². The molecule has 1 aliphatic rings. The van der Waals surface area contributed by atoms with Crippen LogP contribution in [0.2, 0.25) is 5.02 Å². The molecule has 4 rings (SSSR count). The largest absolute Gasteiger partial charge is 0.438 e. The zero-order chi connectivity index (χ0) is 18.6. The average Bonchev–Trinajstić information content (AvgIpc) is 3.23. The summed E-state index contributed by atoms with van der Waals surface area (Å²) in [6.45, 7) is 1.49. The molecule has 5 nitrogen and oxygen atoms in total. The summed E-state index contributed by atoms with van der Waals surface area (Å²) in [6, 6.07) is 16.6. The van der Waals surface area contributed by atoms with Gasteiger partial charge in [0.1, 0.15) is 11.3 Å². The number of nitrogens with zero attached hydrogens (tertiary/aromatic N) is 3. The van der Waals surface area contributed by atoms with Crippen LogP contribution in [0.1, 0.15) is 23.2 Å². The third-order valence-electron chi connectivity index (χ3n) is 4.42.